The van der Waals surface area contributed by atoms with Gasteiger partial charge in [0.2, 0.25) is 29.5 Å². The molecule has 1 heterocycles. The van der Waals surface area contributed by atoms with Crippen LogP contribution in [0.4, 0.5) is 0 Å². The summed E-state index contributed by atoms with van der Waals surface area (Å²) >= 11 is 0. The zero-order valence-corrected chi connectivity index (χ0v) is 17.8. The highest BCUT2D eigenvalue weighted by atomic mass is 16.2. The highest BCUT2D eigenvalue weighted by Gasteiger charge is 2.44. The van der Waals surface area contributed by atoms with Crippen molar-refractivity contribution in [2.45, 2.75) is 62.6 Å². The van der Waals surface area contributed by atoms with E-state index < -0.39 is 47.2 Å². The van der Waals surface area contributed by atoms with E-state index in [1.165, 1.54) is 0 Å². The molecule has 1 saturated heterocycles. The molecular formula is C22H29N5O5. The molecule has 1 saturated carbocycles. The molecule has 172 valence electrons. The monoisotopic (exact) mass is 443 g/mol. The lowest BCUT2D eigenvalue weighted by atomic mass is 9.80. The Kier molecular flexibility index (Phi) is 7.45. The Hall–Kier alpha value is -3.43. The Bertz CT molecular complexity index is 882. The van der Waals surface area contributed by atoms with Crippen molar-refractivity contribution in [2.24, 2.45) is 5.73 Å². The van der Waals surface area contributed by atoms with Crippen molar-refractivity contribution in [1.82, 2.24) is 21.3 Å². The smallest absolute Gasteiger partial charge is 0.248 e. The third-order valence-electron chi connectivity index (χ3n) is 5.88. The van der Waals surface area contributed by atoms with E-state index in [0.717, 1.165) is 6.42 Å². The first-order valence-electron chi connectivity index (χ1n) is 10.8. The zero-order chi connectivity index (χ0) is 23.1. The zero-order valence-electron chi connectivity index (χ0n) is 17.8. The maximum atomic E-state index is 13.3. The summed E-state index contributed by atoms with van der Waals surface area (Å²) in [6.45, 7) is -0.0237. The first-order valence-corrected chi connectivity index (χ1v) is 10.8. The fourth-order valence-corrected chi connectivity index (χ4v) is 4.18. The van der Waals surface area contributed by atoms with Gasteiger partial charge in [-0.25, -0.2) is 0 Å². The van der Waals surface area contributed by atoms with Crippen molar-refractivity contribution in [3.05, 3.63) is 35.9 Å². The Balaban J connectivity index is 1.96. The van der Waals surface area contributed by atoms with Crippen molar-refractivity contribution in [2.75, 3.05) is 6.54 Å². The molecule has 2 fully saturated rings. The van der Waals surface area contributed by atoms with Crippen molar-refractivity contribution in [1.29, 1.82) is 0 Å². The van der Waals surface area contributed by atoms with E-state index in [0.29, 0.717) is 31.2 Å². The summed E-state index contributed by atoms with van der Waals surface area (Å²) in [5, 5.41) is 10.7. The largest absolute Gasteiger partial charge is 0.370 e. The van der Waals surface area contributed by atoms with E-state index >= 15 is 0 Å². The van der Waals surface area contributed by atoms with Gasteiger partial charge in [-0.1, -0.05) is 49.6 Å². The number of primary amides is 1. The quantitative estimate of drug-likeness (QED) is 0.427. The fraction of sp³-hybridized carbons (Fsp3) is 0.500. The standard InChI is InChI=1S/C22H29N5O5/c23-16(28)13-15-19(30)24-12-9-17(29)26-18(14-7-3-1-4-8-14)20(31)27-22(21(32)25-15)10-5-2-6-11-22/h1,3-4,7-8,15,18H,2,5-6,9-13H2,(H2,23,28)(H,24,30)(H,25,32)(H,26,29)(H,27,31)/t15-,18+/m0/s1. The van der Waals surface area contributed by atoms with Crippen LogP contribution in [0.1, 0.15) is 56.6 Å². The van der Waals surface area contributed by atoms with Crippen molar-refractivity contribution in [3.63, 3.8) is 0 Å². The van der Waals surface area contributed by atoms with E-state index in [2.05, 4.69) is 21.3 Å². The highest BCUT2D eigenvalue weighted by Crippen LogP contribution is 2.30. The average Bonchev–Trinajstić information content (AvgIpc) is 2.77. The summed E-state index contributed by atoms with van der Waals surface area (Å²) in [5.41, 5.74) is 4.59. The van der Waals surface area contributed by atoms with Crippen LogP contribution in [0, 0.1) is 0 Å². The Morgan fingerprint density at radius 3 is 2.31 bits per heavy atom. The molecule has 1 aromatic carbocycles. The molecule has 2 atom stereocenters. The maximum Gasteiger partial charge on any atom is 0.248 e. The molecule has 1 aliphatic heterocycles. The summed E-state index contributed by atoms with van der Waals surface area (Å²) < 4.78 is 0. The molecule has 0 aromatic heterocycles. The van der Waals surface area contributed by atoms with Gasteiger partial charge in [-0.2, -0.15) is 0 Å². The van der Waals surface area contributed by atoms with Gasteiger partial charge in [-0.05, 0) is 18.4 Å². The van der Waals surface area contributed by atoms with Crippen LogP contribution in [0.15, 0.2) is 30.3 Å². The van der Waals surface area contributed by atoms with Crippen molar-refractivity contribution < 1.29 is 24.0 Å². The minimum atomic E-state index is -1.25. The summed E-state index contributed by atoms with van der Waals surface area (Å²) in [6.07, 6.45) is 2.63. The molecule has 1 aromatic rings. The number of benzene rings is 1. The lowest BCUT2D eigenvalue weighted by molar-refractivity contribution is -0.139. The first kappa shape index (κ1) is 23.2. The van der Waals surface area contributed by atoms with Crippen LogP contribution >= 0.6 is 0 Å². The number of nitrogens with two attached hydrogens (primary N) is 1. The molecule has 10 nitrogen and oxygen atoms in total. The van der Waals surface area contributed by atoms with Gasteiger partial charge in [0.05, 0.1) is 6.42 Å². The van der Waals surface area contributed by atoms with E-state index in [-0.39, 0.29) is 19.4 Å². The molecule has 1 aliphatic carbocycles. The van der Waals surface area contributed by atoms with Gasteiger partial charge >= 0.3 is 0 Å². The lowest BCUT2D eigenvalue weighted by Gasteiger charge is -2.38. The average molecular weight is 444 g/mol. The number of carbonyl (C=O) groups is 5. The predicted octanol–water partition coefficient (Wildman–Crippen LogP) is -0.457. The minimum absolute atomic E-state index is 0.0237. The van der Waals surface area contributed by atoms with Crippen LogP contribution < -0.4 is 27.0 Å². The normalized spacial score (nSPS) is 24.6. The SMILES string of the molecule is NC(=O)C[C@@H]1NC(=O)C2(CCCCC2)NC(=O)[C@@H](c2ccccc2)NC(=O)CCNC1=O. The molecule has 1 spiro atoms. The second-order valence-electron chi connectivity index (χ2n) is 8.28. The summed E-state index contributed by atoms with van der Waals surface area (Å²) in [7, 11) is 0. The topological polar surface area (TPSA) is 159 Å². The number of nitrogens with one attached hydrogen (secondary N) is 4. The number of rotatable bonds is 3. The molecule has 2 aliphatic rings. The Morgan fingerprint density at radius 1 is 0.969 bits per heavy atom. The Morgan fingerprint density at radius 2 is 1.66 bits per heavy atom. The van der Waals surface area contributed by atoms with Gasteiger partial charge in [0, 0.05) is 13.0 Å². The van der Waals surface area contributed by atoms with Crippen LogP contribution in [0.5, 0.6) is 0 Å². The second-order valence-corrected chi connectivity index (χ2v) is 8.28. The van der Waals surface area contributed by atoms with E-state index in [1.54, 1.807) is 30.3 Å². The summed E-state index contributed by atoms with van der Waals surface area (Å²) in [4.78, 5) is 63.2. The number of hydrogen-bond acceptors (Lipinski definition) is 5. The summed E-state index contributed by atoms with van der Waals surface area (Å²) in [6, 6.07) is 6.58. The molecule has 3 rings (SSSR count). The third kappa shape index (κ3) is 5.63. The molecule has 0 radical (unpaired) electrons. The van der Waals surface area contributed by atoms with Gasteiger partial charge in [0.1, 0.15) is 17.6 Å². The van der Waals surface area contributed by atoms with Gasteiger partial charge in [-0.3, -0.25) is 24.0 Å². The van der Waals surface area contributed by atoms with Crippen LogP contribution in [0.3, 0.4) is 0 Å². The second kappa shape index (κ2) is 10.3. The molecule has 0 unspecified atom stereocenters. The van der Waals surface area contributed by atoms with Crippen LogP contribution in [0.2, 0.25) is 0 Å². The van der Waals surface area contributed by atoms with Gasteiger partial charge in [-0.15, -0.1) is 0 Å². The summed E-state index contributed by atoms with van der Waals surface area (Å²) in [5.74, 6) is -2.84. The van der Waals surface area contributed by atoms with E-state index in [9.17, 15) is 24.0 Å². The number of hydrogen-bond donors (Lipinski definition) is 5. The molecule has 32 heavy (non-hydrogen) atoms. The Labute approximate surface area is 186 Å². The van der Waals surface area contributed by atoms with Gasteiger partial charge in [0.15, 0.2) is 0 Å². The fourth-order valence-electron chi connectivity index (χ4n) is 4.18. The van der Waals surface area contributed by atoms with Crippen molar-refractivity contribution >= 4 is 29.5 Å². The van der Waals surface area contributed by atoms with E-state index in [4.69, 9.17) is 5.73 Å². The maximum absolute atomic E-state index is 13.3. The molecule has 6 N–H and O–H groups in total. The van der Waals surface area contributed by atoms with Crippen LogP contribution in [-0.2, 0) is 24.0 Å². The third-order valence-corrected chi connectivity index (χ3v) is 5.88. The minimum Gasteiger partial charge on any atom is -0.370 e. The van der Waals surface area contributed by atoms with Crippen LogP contribution in [-0.4, -0.2) is 47.7 Å². The van der Waals surface area contributed by atoms with Crippen LogP contribution in [0.25, 0.3) is 0 Å². The molecular weight excluding hydrogens is 414 g/mol. The van der Waals surface area contributed by atoms with Gasteiger partial charge in [0.25, 0.3) is 0 Å². The van der Waals surface area contributed by atoms with Gasteiger partial charge < -0.3 is 27.0 Å². The molecule has 10 heteroatoms. The lowest BCUT2D eigenvalue weighted by Crippen LogP contribution is -2.63. The first-order chi connectivity index (χ1) is 15.3. The van der Waals surface area contributed by atoms with Crippen molar-refractivity contribution in [3.8, 4) is 0 Å². The highest BCUT2D eigenvalue weighted by molar-refractivity contribution is 5.98. The number of amides is 5. The molecule has 0 bridgehead atoms. The number of carbonyl (C=O) groups excluding carboxylic acids is 5. The van der Waals surface area contributed by atoms with E-state index in [1.807, 2.05) is 0 Å². The molecule has 5 amide bonds. The predicted molar refractivity (Wildman–Crippen MR) is 115 cm³/mol.